The molecule has 1 aliphatic rings. The predicted molar refractivity (Wildman–Crippen MR) is 166 cm³/mol. The van der Waals surface area contributed by atoms with Crippen molar-refractivity contribution in [1.82, 2.24) is 0 Å². The smallest absolute Gasteiger partial charge is 0.414 e. The van der Waals surface area contributed by atoms with E-state index in [-0.39, 0.29) is 33.9 Å². The zero-order valence-corrected chi connectivity index (χ0v) is 26.7. The fourth-order valence-electron chi connectivity index (χ4n) is 4.45. The van der Waals surface area contributed by atoms with Crippen molar-refractivity contribution < 1.29 is 23.5 Å². The maximum Gasteiger partial charge on any atom is 0.414 e. The number of nitrogens with one attached hydrogen (secondary N) is 1. The van der Waals surface area contributed by atoms with Gasteiger partial charge >= 0.3 is 6.09 Å². The molecule has 1 N–H and O–H groups in total. The Kier molecular flexibility index (Phi) is 9.41. The molecule has 4 rings (SSSR count). The number of halogens is 6. The SMILES string of the molecule is CN(C(=O)OC(C)(C)C)c1ccc(CC(=O)c2cc(NC(=O)C3C(c4cc(Cl)cc(Cl)c4)C3(Cl)Cl)ccc2Cl)c(F)c1. The third-order valence-corrected chi connectivity index (χ3v) is 8.26. The van der Waals surface area contributed by atoms with E-state index < -0.39 is 45.4 Å². The van der Waals surface area contributed by atoms with E-state index in [4.69, 9.17) is 62.7 Å². The Morgan fingerprint density at radius 1 is 0.976 bits per heavy atom. The zero-order valence-electron chi connectivity index (χ0n) is 22.9. The summed E-state index contributed by atoms with van der Waals surface area (Å²) in [7, 11) is 1.46. The van der Waals surface area contributed by atoms with E-state index in [1.165, 1.54) is 42.3 Å². The number of alkyl halides is 2. The summed E-state index contributed by atoms with van der Waals surface area (Å²) in [6, 6.07) is 13.3. The maximum atomic E-state index is 15.0. The minimum Gasteiger partial charge on any atom is -0.443 e. The molecule has 0 radical (unpaired) electrons. The lowest BCUT2D eigenvalue weighted by molar-refractivity contribution is -0.117. The largest absolute Gasteiger partial charge is 0.443 e. The zero-order chi connectivity index (χ0) is 31.1. The van der Waals surface area contributed by atoms with Crippen LogP contribution in [0, 0.1) is 11.7 Å². The fraction of sp³-hybridized carbons (Fsp3) is 0.300. The molecule has 42 heavy (non-hydrogen) atoms. The molecule has 0 bridgehead atoms. The van der Waals surface area contributed by atoms with Crippen molar-refractivity contribution >= 4 is 87.2 Å². The van der Waals surface area contributed by atoms with Gasteiger partial charge in [0.1, 0.15) is 15.8 Å². The molecular weight excluding hydrogens is 649 g/mol. The highest BCUT2D eigenvalue weighted by Gasteiger charge is 2.67. The highest BCUT2D eigenvalue weighted by Crippen LogP contribution is 2.65. The first-order chi connectivity index (χ1) is 19.5. The average Bonchev–Trinajstić information content (AvgIpc) is 3.46. The number of Topliss-reactive ketones (excluding diaryl/α,β-unsaturated/α-hetero) is 1. The first-order valence-electron chi connectivity index (χ1n) is 12.7. The van der Waals surface area contributed by atoms with Gasteiger partial charge in [-0.25, -0.2) is 9.18 Å². The van der Waals surface area contributed by atoms with Crippen molar-refractivity contribution in [2.24, 2.45) is 5.92 Å². The molecule has 2 atom stereocenters. The van der Waals surface area contributed by atoms with Crippen LogP contribution in [0.15, 0.2) is 54.6 Å². The van der Waals surface area contributed by atoms with E-state index in [2.05, 4.69) is 5.32 Å². The number of hydrogen-bond donors (Lipinski definition) is 1. The molecule has 3 aromatic carbocycles. The number of rotatable bonds is 7. The molecular formula is C30H26Cl5FN2O4. The third-order valence-electron chi connectivity index (χ3n) is 6.56. The van der Waals surface area contributed by atoms with Crippen LogP contribution in [0.4, 0.5) is 20.6 Å². The number of benzene rings is 3. The number of carbonyl (C=O) groups excluding carboxylic acids is 3. The van der Waals surface area contributed by atoms with Gasteiger partial charge in [-0.2, -0.15) is 0 Å². The molecule has 0 aliphatic heterocycles. The first kappa shape index (κ1) is 32.4. The summed E-state index contributed by atoms with van der Waals surface area (Å²) in [6.45, 7) is 5.17. The minimum absolute atomic E-state index is 0.0841. The highest BCUT2D eigenvalue weighted by atomic mass is 35.5. The summed E-state index contributed by atoms with van der Waals surface area (Å²) in [4.78, 5) is 39.7. The van der Waals surface area contributed by atoms with Crippen molar-refractivity contribution in [2.75, 3.05) is 17.3 Å². The molecule has 1 fully saturated rings. The molecule has 222 valence electrons. The number of hydrogen-bond acceptors (Lipinski definition) is 4. The summed E-state index contributed by atoms with van der Waals surface area (Å²) in [5, 5.41) is 3.62. The van der Waals surface area contributed by atoms with Gasteiger partial charge in [0.15, 0.2) is 5.78 Å². The number of anilines is 2. The lowest BCUT2D eigenvalue weighted by Gasteiger charge is -2.24. The Hall–Kier alpha value is -2.55. The van der Waals surface area contributed by atoms with Crippen molar-refractivity contribution in [2.45, 2.75) is 43.0 Å². The molecule has 0 heterocycles. The molecule has 0 spiro atoms. The second-order valence-electron chi connectivity index (χ2n) is 10.9. The van der Waals surface area contributed by atoms with E-state index in [1.807, 2.05) is 0 Å². The molecule has 1 aliphatic carbocycles. The van der Waals surface area contributed by atoms with Crippen LogP contribution in [0.25, 0.3) is 0 Å². The average molecular weight is 675 g/mol. The van der Waals surface area contributed by atoms with Crippen LogP contribution in [-0.4, -0.2) is 34.8 Å². The lowest BCUT2D eigenvalue weighted by atomic mass is 10.0. The molecule has 2 unspecified atom stereocenters. The Morgan fingerprint density at radius 2 is 1.62 bits per heavy atom. The summed E-state index contributed by atoms with van der Waals surface area (Å²) >= 11 is 31.4. The van der Waals surface area contributed by atoms with E-state index in [9.17, 15) is 18.8 Å². The summed E-state index contributed by atoms with van der Waals surface area (Å²) in [6.07, 6.45) is -0.961. The van der Waals surface area contributed by atoms with Gasteiger partial charge in [-0.3, -0.25) is 14.5 Å². The Morgan fingerprint density at radius 3 is 2.21 bits per heavy atom. The molecule has 12 heteroatoms. The highest BCUT2D eigenvalue weighted by molar-refractivity contribution is 6.53. The van der Waals surface area contributed by atoms with E-state index in [1.54, 1.807) is 39.0 Å². The maximum absolute atomic E-state index is 15.0. The van der Waals surface area contributed by atoms with Crippen LogP contribution in [0.2, 0.25) is 15.1 Å². The Balaban J connectivity index is 1.46. The molecule has 1 saturated carbocycles. The quantitative estimate of drug-likeness (QED) is 0.200. The summed E-state index contributed by atoms with van der Waals surface area (Å²) in [5.41, 5.74) is 0.624. The number of ether oxygens (including phenoxy) is 1. The summed E-state index contributed by atoms with van der Waals surface area (Å²) in [5.74, 6) is -3.00. The van der Waals surface area contributed by atoms with E-state index in [0.717, 1.165) is 6.07 Å². The number of nitrogens with zero attached hydrogens (tertiary/aromatic N) is 1. The van der Waals surface area contributed by atoms with Gasteiger partial charge in [-0.15, -0.1) is 23.2 Å². The van der Waals surface area contributed by atoms with Gasteiger partial charge in [0, 0.05) is 46.4 Å². The third kappa shape index (κ3) is 7.32. The molecule has 0 aromatic heterocycles. The molecule has 2 amide bonds. The van der Waals surface area contributed by atoms with Gasteiger partial charge in [0.05, 0.1) is 10.9 Å². The van der Waals surface area contributed by atoms with Gasteiger partial charge in [-0.05, 0) is 80.4 Å². The van der Waals surface area contributed by atoms with Gasteiger partial charge in [0.25, 0.3) is 0 Å². The normalized spacial score (nSPS) is 17.4. The van der Waals surface area contributed by atoms with Crippen LogP contribution in [0.3, 0.4) is 0 Å². The van der Waals surface area contributed by atoms with Gasteiger partial charge < -0.3 is 10.1 Å². The Bertz CT molecular complexity index is 1550. The number of amides is 2. The van der Waals surface area contributed by atoms with Crippen molar-refractivity contribution in [1.29, 1.82) is 0 Å². The topological polar surface area (TPSA) is 75.7 Å². The van der Waals surface area contributed by atoms with Crippen LogP contribution >= 0.6 is 58.0 Å². The standard InChI is InChI=1S/C30H26Cl5FN2O4/c1-29(2,3)42-28(41)38(4)20-7-5-15(23(36)14-20)11-24(39)21-13-19(6-8-22(21)33)37-27(40)26-25(30(26,34)35)16-9-17(31)12-18(32)10-16/h5-10,12-14,25-26H,11H2,1-4H3,(H,37,40). The minimum atomic E-state index is -1.38. The lowest BCUT2D eigenvalue weighted by Crippen LogP contribution is -2.34. The second-order valence-corrected chi connectivity index (χ2v) is 13.7. The van der Waals surface area contributed by atoms with Gasteiger partial charge in [-0.1, -0.05) is 40.9 Å². The predicted octanol–water partition coefficient (Wildman–Crippen LogP) is 9.11. The van der Waals surface area contributed by atoms with Crippen LogP contribution in [0.5, 0.6) is 0 Å². The van der Waals surface area contributed by atoms with Gasteiger partial charge in [0.2, 0.25) is 5.91 Å². The molecule has 6 nitrogen and oxygen atoms in total. The van der Waals surface area contributed by atoms with Crippen LogP contribution in [0.1, 0.15) is 48.2 Å². The molecule has 3 aromatic rings. The van der Waals surface area contributed by atoms with Crippen molar-refractivity contribution in [3.63, 3.8) is 0 Å². The number of ketones is 1. The second kappa shape index (κ2) is 12.2. The van der Waals surface area contributed by atoms with Crippen LogP contribution < -0.4 is 10.2 Å². The van der Waals surface area contributed by atoms with Crippen molar-refractivity contribution in [3.05, 3.63) is 92.2 Å². The summed E-state index contributed by atoms with van der Waals surface area (Å²) < 4.78 is 18.9. The first-order valence-corrected chi connectivity index (χ1v) is 14.6. The van der Waals surface area contributed by atoms with Crippen LogP contribution in [-0.2, 0) is 16.0 Å². The van der Waals surface area contributed by atoms with E-state index >= 15 is 0 Å². The monoisotopic (exact) mass is 672 g/mol. The fourth-order valence-corrected chi connectivity index (χ4v) is 6.05. The molecule has 0 saturated heterocycles. The van der Waals surface area contributed by atoms with Crippen molar-refractivity contribution in [3.8, 4) is 0 Å². The number of carbonyl (C=O) groups is 3. The Labute approximate surface area is 268 Å². The van der Waals surface area contributed by atoms with E-state index in [0.29, 0.717) is 15.6 Å².